The van der Waals surface area contributed by atoms with Crippen LogP contribution in [0.1, 0.15) is 16.9 Å². The molecule has 0 radical (unpaired) electrons. The Balaban J connectivity index is 1.81. The fraction of sp³-hybridized carbons (Fsp3) is 0.375. The molecule has 1 unspecified atom stereocenters. The van der Waals surface area contributed by atoms with Gasteiger partial charge in [-0.05, 0) is 44.1 Å². The molecule has 0 bridgehead atoms. The van der Waals surface area contributed by atoms with Crippen molar-refractivity contribution >= 4 is 28.4 Å². The third kappa shape index (κ3) is 3.01. The molecule has 0 aliphatic carbocycles. The molecule has 1 N–H and O–H groups in total. The van der Waals surface area contributed by atoms with E-state index in [0.717, 1.165) is 37.0 Å². The summed E-state index contributed by atoms with van der Waals surface area (Å²) in [5.41, 5.74) is 1.26. The van der Waals surface area contributed by atoms with Crippen LogP contribution in [-0.2, 0) is 0 Å². The van der Waals surface area contributed by atoms with Crippen molar-refractivity contribution in [3.05, 3.63) is 41.0 Å². The van der Waals surface area contributed by atoms with Crippen LogP contribution in [0.2, 0.25) is 5.02 Å². The molecule has 2 heterocycles. The summed E-state index contributed by atoms with van der Waals surface area (Å²) in [7, 11) is 1.94. The van der Waals surface area contributed by atoms with Crippen molar-refractivity contribution in [1.29, 1.82) is 0 Å². The van der Waals surface area contributed by atoms with E-state index in [4.69, 9.17) is 11.6 Å². The number of aromatic nitrogens is 1. The van der Waals surface area contributed by atoms with Crippen molar-refractivity contribution in [2.24, 2.45) is 5.92 Å². The van der Waals surface area contributed by atoms with E-state index in [9.17, 15) is 4.79 Å². The highest BCUT2D eigenvalue weighted by molar-refractivity contribution is 6.31. The summed E-state index contributed by atoms with van der Waals surface area (Å²) < 4.78 is 0. The molecule has 5 heteroatoms. The Hall–Kier alpha value is -1.65. The van der Waals surface area contributed by atoms with E-state index in [1.165, 1.54) is 0 Å². The van der Waals surface area contributed by atoms with E-state index in [1.54, 1.807) is 12.1 Å². The molecule has 1 fully saturated rings. The topological polar surface area (TPSA) is 45.2 Å². The maximum atomic E-state index is 12.5. The van der Waals surface area contributed by atoms with Gasteiger partial charge in [-0.2, -0.15) is 0 Å². The first-order valence-corrected chi connectivity index (χ1v) is 7.55. The number of carbonyl (C=O) groups is 1. The van der Waals surface area contributed by atoms with Gasteiger partial charge in [-0.1, -0.05) is 23.7 Å². The zero-order chi connectivity index (χ0) is 14.8. The van der Waals surface area contributed by atoms with E-state index in [2.05, 4.69) is 10.3 Å². The first-order chi connectivity index (χ1) is 10.2. The molecule has 1 aliphatic heterocycles. The second-order valence-corrected chi connectivity index (χ2v) is 5.93. The Labute approximate surface area is 129 Å². The van der Waals surface area contributed by atoms with Crippen LogP contribution in [0, 0.1) is 5.92 Å². The van der Waals surface area contributed by atoms with Crippen LogP contribution in [0.25, 0.3) is 10.9 Å². The first kappa shape index (κ1) is 14.3. The molecule has 1 atom stereocenters. The smallest absolute Gasteiger partial charge is 0.272 e. The highest BCUT2D eigenvalue weighted by atomic mass is 35.5. The van der Waals surface area contributed by atoms with Crippen LogP contribution in [0.4, 0.5) is 0 Å². The lowest BCUT2D eigenvalue weighted by Crippen LogP contribution is -2.30. The van der Waals surface area contributed by atoms with E-state index in [-0.39, 0.29) is 5.91 Å². The van der Waals surface area contributed by atoms with Crippen LogP contribution in [0.5, 0.6) is 0 Å². The minimum atomic E-state index is 0.00970. The molecule has 21 heavy (non-hydrogen) atoms. The molecule has 3 rings (SSSR count). The normalized spacial score (nSPS) is 18.4. The highest BCUT2D eigenvalue weighted by Crippen LogP contribution is 2.21. The van der Waals surface area contributed by atoms with Crippen LogP contribution in [0.3, 0.4) is 0 Å². The predicted molar refractivity (Wildman–Crippen MR) is 84.7 cm³/mol. The molecule has 4 nitrogen and oxygen atoms in total. The van der Waals surface area contributed by atoms with Gasteiger partial charge in [-0.25, -0.2) is 4.98 Å². The molecule has 1 aromatic heterocycles. The summed E-state index contributed by atoms with van der Waals surface area (Å²) in [6, 6.07) is 9.26. The van der Waals surface area contributed by atoms with Crippen LogP contribution in [-0.4, -0.2) is 42.5 Å². The van der Waals surface area contributed by atoms with Crippen molar-refractivity contribution in [2.75, 3.05) is 26.7 Å². The van der Waals surface area contributed by atoms with Gasteiger partial charge >= 0.3 is 0 Å². The Morgan fingerprint density at radius 1 is 1.43 bits per heavy atom. The number of benzene rings is 1. The third-order valence-electron chi connectivity index (χ3n) is 3.94. The number of rotatable bonds is 3. The van der Waals surface area contributed by atoms with Crippen LogP contribution in [0.15, 0.2) is 30.3 Å². The van der Waals surface area contributed by atoms with Gasteiger partial charge in [0.1, 0.15) is 5.69 Å². The van der Waals surface area contributed by atoms with Gasteiger partial charge in [0.2, 0.25) is 0 Å². The molecule has 1 amide bonds. The van der Waals surface area contributed by atoms with Crippen molar-refractivity contribution in [2.45, 2.75) is 6.42 Å². The van der Waals surface area contributed by atoms with Crippen LogP contribution < -0.4 is 5.32 Å². The van der Waals surface area contributed by atoms with Gasteiger partial charge in [-0.15, -0.1) is 0 Å². The van der Waals surface area contributed by atoms with E-state index in [1.807, 2.05) is 30.1 Å². The van der Waals surface area contributed by atoms with Crippen molar-refractivity contribution < 1.29 is 4.79 Å². The lowest BCUT2D eigenvalue weighted by molar-refractivity contribution is 0.0782. The zero-order valence-electron chi connectivity index (χ0n) is 12.0. The zero-order valence-corrected chi connectivity index (χ0v) is 12.7. The molecule has 1 saturated heterocycles. The van der Waals surface area contributed by atoms with Crippen LogP contribution >= 0.6 is 11.6 Å². The van der Waals surface area contributed by atoms with Gasteiger partial charge in [0.15, 0.2) is 0 Å². The largest absolute Gasteiger partial charge is 0.337 e. The molecular weight excluding hydrogens is 286 g/mol. The fourth-order valence-electron chi connectivity index (χ4n) is 2.84. The Morgan fingerprint density at radius 3 is 3.05 bits per heavy atom. The standard InChI is InChI=1S/C16H18ClN3O/c1-18-9-11-6-7-20(10-11)16(21)14-5-3-12-2-4-13(17)8-15(12)19-14/h2-5,8,11,18H,6-7,9-10H2,1H3. The van der Waals surface area contributed by atoms with Gasteiger partial charge in [-0.3, -0.25) is 4.79 Å². The lowest BCUT2D eigenvalue weighted by Gasteiger charge is -2.16. The number of nitrogens with one attached hydrogen (secondary N) is 1. The minimum absolute atomic E-state index is 0.00970. The highest BCUT2D eigenvalue weighted by Gasteiger charge is 2.27. The summed E-state index contributed by atoms with van der Waals surface area (Å²) in [6.07, 6.45) is 1.05. The van der Waals surface area contributed by atoms with Crippen molar-refractivity contribution in [1.82, 2.24) is 15.2 Å². The van der Waals surface area contributed by atoms with Gasteiger partial charge in [0.05, 0.1) is 5.52 Å². The Morgan fingerprint density at radius 2 is 2.24 bits per heavy atom. The monoisotopic (exact) mass is 303 g/mol. The van der Waals surface area contributed by atoms with E-state index in [0.29, 0.717) is 16.6 Å². The first-order valence-electron chi connectivity index (χ1n) is 7.17. The quantitative estimate of drug-likeness (QED) is 0.948. The molecule has 0 saturated carbocycles. The van der Waals surface area contributed by atoms with Crippen molar-refractivity contribution in [3.63, 3.8) is 0 Å². The average molecular weight is 304 g/mol. The molecule has 0 spiro atoms. The number of hydrogen-bond acceptors (Lipinski definition) is 3. The predicted octanol–water partition coefficient (Wildman–Crippen LogP) is 2.57. The van der Waals surface area contributed by atoms with Gasteiger partial charge in [0.25, 0.3) is 5.91 Å². The number of carbonyl (C=O) groups excluding carboxylic acids is 1. The number of fused-ring (bicyclic) bond motifs is 1. The average Bonchev–Trinajstić information content (AvgIpc) is 2.94. The lowest BCUT2D eigenvalue weighted by atomic mass is 10.1. The van der Waals surface area contributed by atoms with Gasteiger partial charge in [0, 0.05) is 23.5 Å². The summed E-state index contributed by atoms with van der Waals surface area (Å²) >= 11 is 5.99. The molecule has 1 aromatic carbocycles. The van der Waals surface area contributed by atoms with Gasteiger partial charge < -0.3 is 10.2 Å². The second kappa shape index (κ2) is 6.00. The number of amides is 1. The maximum absolute atomic E-state index is 12.5. The molecule has 2 aromatic rings. The number of likely N-dealkylation sites (tertiary alicyclic amines) is 1. The summed E-state index contributed by atoms with van der Waals surface area (Å²) in [5.74, 6) is 0.546. The maximum Gasteiger partial charge on any atom is 0.272 e. The van der Waals surface area contributed by atoms with E-state index < -0.39 is 0 Å². The molecule has 1 aliphatic rings. The Kier molecular flexibility index (Phi) is 4.08. The summed E-state index contributed by atoms with van der Waals surface area (Å²) in [4.78, 5) is 18.9. The van der Waals surface area contributed by atoms with E-state index >= 15 is 0 Å². The number of nitrogens with zero attached hydrogens (tertiary/aromatic N) is 2. The summed E-state index contributed by atoms with van der Waals surface area (Å²) in [5, 5.41) is 4.80. The number of halogens is 1. The minimum Gasteiger partial charge on any atom is -0.337 e. The fourth-order valence-corrected chi connectivity index (χ4v) is 3.01. The number of hydrogen-bond donors (Lipinski definition) is 1. The van der Waals surface area contributed by atoms with Crippen molar-refractivity contribution in [3.8, 4) is 0 Å². The summed E-state index contributed by atoms with van der Waals surface area (Å²) in [6.45, 7) is 2.56. The number of pyridine rings is 1. The molecule has 110 valence electrons. The Bertz CT molecular complexity index is 674. The SMILES string of the molecule is CNCC1CCN(C(=O)c2ccc3ccc(Cl)cc3n2)C1. The molecular formula is C16H18ClN3O. The second-order valence-electron chi connectivity index (χ2n) is 5.50. The third-order valence-corrected chi connectivity index (χ3v) is 4.17.